The number of pyridine rings is 1. The summed E-state index contributed by atoms with van der Waals surface area (Å²) in [5.74, 6) is 0.570. The van der Waals surface area contributed by atoms with E-state index in [9.17, 15) is 4.79 Å². The van der Waals surface area contributed by atoms with Crippen LogP contribution in [0.4, 0.5) is 0 Å². The number of thiocarbonyl (C=S) groups is 1. The van der Waals surface area contributed by atoms with E-state index in [-0.39, 0.29) is 5.91 Å². The fourth-order valence-electron chi connectivity index (χ4n) is 1.20. The van der Waals surface area contributed by atoms with Gasteiger partial charge in [-0.3, -0.25) is 14.7 Å². The molecule has 0 unspecified atom stereocenters. The van der Waals surface area contributed by atoms with E-state index in [0.29, 0.717) is 16.6 Å². The van der Waals surface area contributed by atoms with E-state index >= 15 is 0 Å². The van der Waals surface area contributed by atoms with Crippen molar-refractivity contribution in [1.29, 1.82) is 0 Å². The van der Waals surface area contributed by atoms with Crippen LogP contribution in [0.15, 0.2) is 24.5 Å². The van der Waals surface area contributed by atoms with Crippen molar-refractivity contribution >= 4 is 34.2 Å². The van der Waals surface area contributed by atoms with Crippen LogP contribution in [0.3, 0.4) is 0 Å². The van der Waals surface area contributed by atoms with E-state index in [1.165, 1.54) is 11.8 Å². The highest BCUT2D eigenvalue weighted by Gasteiger charge is 2.26. The quantitative estimate of drug-likeness (QED) is 0.712. The predicted octanol–water partition coefficient (Wildman–Crippen LogP) is 1.44. The Bertz CT molecular complexity index is 350. The maximum atomic E-state index is 11.4. The van der Waals surface area contributed by atoms with Gasteiger partial charge in [-0.1, -0.05) is 24.0 Å². The minimum absolute atomic E-state index is 0.0943. The van der Waals surface area contributed by atoms with Gasteiger partial charge in [0.05, 0.1) is 12.3 Å². The van der Waals surface area contributed by atoms with E-state index in [1.807, 2.05) is 12.1 Å². The van der Waals surface area contributed by atoms with E-state index in [4.69, 9.17) is 12.2 Å². The summed E-state index contributed by atoms with van der Waals surface area (Å²) in [6.45, 7) is 0.563. The molecule has 1 aromatic rings. The fourth-order valence-corrected chi connectivity index (χ4v) is 2.27. The maximum Gasteiger partial charge on any atom is 0.238 e. The van der Waals surface area contributed by atoms with Crippen molar-refractivity contribution in [3.63, 3.8) is 0 Å². The predicted molar refractivity (Wildman–Crippen MR) is 59.8 cm³/mol. The molecule has 0 N–H and O–H groups in total. The standard InChI is InChI=1S/C9H8N2OS2/c12-8-6-14-9(13)11(8)5-7-1-3-10-4-2-7/h1-4H,5-6H2. The van der Waals surface area contributed by atoms with Crippen LogP contribution in [0.1, 0.15) is 5.56 Å². The summed E-state index contributed by atoms with van der Waals surface area (Å²) in [6, 6.07) is 3.78. The zero-order chi connectivity index (χ0) is 9.97. The second-order valence-electron chi connectivity index (χ2n) is 2.89. The van der Waals surface area contributed by atoms with Crippen LogP contribution in [-0.4, -0.2) is 25.9 Å². The molecule has 0 aromatic carbocycles. The van der Waals surface area contributed by atoms with E-state index in [0.717, 1.165) is 5.56 Å². The summed E-state index contributed by atoms with van der Waals surface area (Å²) in [5, 5.41) is 0. The van der Waals surface area contributed by atoms with Gasteiger partial charge in [-0.15, -0.1) is 0 Å². The Morgan fingerprint density at radius 2 is 2.21 bits per heavy atom. The molecule has 2 rings (SSSR count). The Labute approximate surface area is 91.5 Å². The summed E-state index contributed by atoms with van der Waals surface area (Å²) >= 11 is 6.49. The molecule has 2 heterocycles. The number of carbonyl (C=O) groups excluding carboxylic acids is 1. The van der Waals surface area contributed by atoms with Gasteiger partial charge < -0.3 is 0 Å². The maximum absolute atomic E-state index is 11.4. The number of hydrogen-bond donors (Lipinski definition) is 0. The Morgan fingerprint density at radius 1 is 1.50 bits per heavy atom. The topological polar surface area (TPSA) is 33.2 Å². The van der Waals surface area contributed by atoms with Crippen molar-refractivity contribution in [2.45, 2.75) is 6.54 Å². The Morgan fingerprint density at radius 3 is 2.79 bits per heavy atom. The lowest BCUT2D eigenvalue weighted by Crippen LogP contribution is -2.27. The number of nitrogens with zero attached hydrogens (tertiary/aromatic N) is 2. The summed E-state index contributed by atoms with van der Waals surface area (Å²) in [4.78, 5) is 16.9. The van der Waals surface area contributed by atoms with Crippen LogP contribution >= 0.6 is 24.0 Å². The van der Waals surface area contributed by atoms with Crippen molar-refractivity contribution in [1.82, 2.24) is 9.88 Å². The summed E-state index contributed by atoms with van der Waals surface area (Å²) in [5.41, 5.74) is 1.05. The first kappa shape index (κ1) is 9.61. The first-order valence-electron chi connectivity index (χ1n) is 4.13. The molecule has 3 nitrogen and oxygen atoms in total. The largest absolute Gasteiger partial charge is 0.293 e. The molecule has 1 aliphatic rings. The van der Waals surface area contributed by atoms with Crippen molar-refractivity contribution in [2.75, 3.05) is 5.75 Å². The van der Waals surface area contributed by atoms with E-state index in [1.54, 1.807) is 17.3 Å². The number of rotatable bonds is 2. The Kier molecular flexibility index (Phi) is 2.79. The normalized spacial score (nSPS) is 16.4. The third-order valence-corrected chi connectivity index (χ3v) is 3.36. The molecule has 0 spiro atoms. The summed E-state index contributed by atoms with van der Waals surface area (Å²) in [7, 11) is 0. The molecule has 0 aliphatic carbocycles. The van der Waals surface area contributed by atoms with Crippen LogP contribution in [0.2, 0.25) is 0 Å². The summed E-state index contributed by atoms with van der Waals surface area (Å²) < 4.78 is 0.673. The minimum atomic E-state index is 0.0943. The van der Waals surface area contributed by atoms with Gasteiger partial charge in [-0.2, -0.15) is 0 Å². The Hall–Kier alpha value is -0.940. The molecular formula is C9H8N2OS2. The van der Waals surface area contributed by atoms with Crippen molar-refractivity contribution in [3.05, 3.63) is 30.1 Å². The third-order valence-electron chi connectivity index (χ3n) is 1.93. The minimum Gasteiger partial charge on any atom is -0.293 e. The van der Waals surface area contributed by atoms with Crippen molar-refractivity contribution in [2.24, 2.45) is 0 Å². The molecule has 1 saturated heterocycles. The molecule has 0 saturated carbocycles. The lowest BCUT2D eigenvalue weighted by atomic mass is 10.2. The van der Waals surface area contributed by atoms with Gasteiger partial charge in [0.15, 0.2) is 0 Å². The van der Waals surface area contributed by atoms with Gasteiger partial charge in [-0.05, 0) is 17.7 Å². The average Bonchev–Trinajstić information content (AvgIpc) is 2.51. The van der Waals surface area contributed by atoms with Crippen LogP contribution < -0.4 is 0 Å². The fraction of sp³-hybridized carbons (Fsp3) is 0.222. The van der Waals surface area contributed by atoms with E-state index in [2.05, 4.69) is 4.98 Å². The zero-order valence-corrected chi connectivity index (χ0v) is 8.98. The first-order chi connectivity index (χ1) is 6.77. The number of aromatic nitrogens is 1. The highest BCUT2D eigenvalue weighted by atomic mass is 32.2. The average molecular weight is 224 g/mol. The highest BCUT2D eigenvalue weighted by Crippen LogP contribution is 2.21. The van der Waals surface area contributed by atoms with Crippen LogP contribution in [0, 0.1) is 0 Å². The molecule has 0 bridgehead atoms. The van der Waals surface area contributed by atoms with Gasteiger partial charge in [0.1, 0.15) is 4.32 Å². The second kappa shape index (κ2) is 4.06. The van der Waals surface area contributed by atoms with Gasteiger partial charge in [0, 0.05) is 12.4 Å². The van der Waals surface area contributed by atoms with Crippen LogP contribution in [0.5, 0.6) is 0 Å². The number of carbonyl (C=O) groups is 1. The lowest BCUT2D eigenvalue weighted by Gasteiger charge is -2.14. The van der Waals surface area contributed by atoms with Crippen molar-refractivity contribution < 1.29 is 4.79 Å². The Balaban J connectivity index is 2.11. The van der Waals surface area contributed by atoms with E-state index < -0.39 is 0 Å². The summed E-state index contributed by atoms with van der Waals surface area (Å²) in [6.07, 6.45) is 3.43. The van der Waals surface area contributed by atoms with Gasteiger partial charge in [0.25, 0.3) is 0 Å². The number of thioether (sulfide) groups is 1. The molecule has 0 radical (unpaired) electrons. The highest BCUT2D eigenvalue weighted by molar-refractivity contribution is 8.23. The monoisotopic (exact) mass is 224 g/mol. The smallest absolute Gasteiger partial charge is 0.238 e. The SMILES string of the molecule is O=C1CSC(=S)N1Cc1ccncc1. The molecule has 1 amide bonds. The number of amides is 1. The third kappa shape index (κ3) is 1.93. The molecule has 5 heteroatoms. The first-order valence-corrected chi connectivity index (χ1v) is 5.53. The van der Waals surface area contributed by atoms with Gasteiger partial charge in [0.2, 0.25) is 5.91 Å². The molecule has 0 atom stereocenters. The zero-order valence-electron chi connectivity index (χ0n) is 7.34. The molecule has 1 aromatic heterocycles. The molecule has 72 valence electrons. The van der Waals surface area contributed by atoms with Gasteiger partial charge >= 0.3 is 0 Å². The van der Waals surface area contributed by atoms with Gasteiger partial charge in [-0.25, -0.2) is 0 Å². The second-order valence-corrected chi connectivity index (χ2v) is 4.50. The van der Waals surface area contributed by atoms with Crippen molar-refractivity contribution in [3.8, 4) is 0 Å². The molecule has 14 heavy (non-hydrogen) atoms. The lowest BCUT2D eigenvalue weighted by molar-refractivity contribution is -0.124. The molecular weight excluding hydrogens is 216 g/mol. The molecule has 1 fully saturated rings. The van der Waals surface area contributed by atoms with Crippen LogP contribution in [0.25, 0.3) is 0 Å². The number of hydrogen-bond acceptors (Lipinski definition) is 4. The van der Waals surface area contributed by atoms with Crippen LogP contribution in [-0.2, 0) is 11.3 Å². The molecule has 1 aliphatic heterocycles.